The van der Waals surface area contributed by atoms with Crippen LogP contribution in [-0.4, -0.2) is 40.3 Å². The second kappa shape index (κ2) is 7.40. The van der Waals surface area contributed by atoms with Crippen molar-refractivity contribution < 1.29 is 19.3 Å². The van der Waals surface area contributed by atoms with Crippen molar-refractivity contribution in [3.63, 3.8) is 0 Å². The van der Waals surface area contributed by atoms with E-state index in [4.69, 9.17) is 16.3 Å². The summed E-state index contributed by atoms with van der Waals surface area (Å²) in [5, 5.41) is 21.6. The van der Waals surface area contributed by atoms with Crippen LogP contribution in [0.2, 0.25) is 5.02 Å². The van der Waals surface area contributed by atoms with Gasteiger partial charge in [-0.25, -0.2) is 4.39 Å². The molecule has 4 rings (SSSR count). The first-order valence-corrected chi connectivity index (χ1v) is 9.64. The van der Waals surface area contributed by atoms with Gasteiger partial charge in [-0.05, 0) is 48.7 Å². The number of likely N-dealkylation sites (tertiary alicyclic amines) is 1. The molecule has 0 aromatic heterocycles. The molecule has 0 saturated carbocycles. The van der Waals surface area contributed by atoms with Crippen LogP contribution in [0, 0.1) is 5.82 Å². The van der Waals surface area contributed by atoms with Gasteiger partial charge < -0.3 is 19.8 Å². The lowest BCUT2D eigenvalue weighted by atomic mass is 9.81. The summed E-state index contributed by atoms with van der Waals surface area (Å²) in [4.78, 5) is 2.21. The fraction of sp³-hybridized carbons (Fsp3) is 0.429. The van der Waals surface area contributed by atoms with E-state index < -0.39 is 17.8 Å². The van der Waals surface area contributed by atoms with E-state index in [9.17, 15) is 14.6 Å². The number of aliphatic hydroxyl groups excluding tert-OH is 2. The third-order valence-electron chi connectivity index (χ3n) is 5.68. The lowest BCUT2D eigenvalue weighted by molar-refractivity contribution is -0.0589. The van der Waals surface area contributed by atoms with E-state index in [1.807, 2.05) is 12.1 Å². The summed E-state index contributed by atoms with van der Waals surface area (Å²) in [6, 6.07) is 11.6. The number of benzene rings is 2. The van der Waals surface area contributed by atoms with Crippen molar-refractivity contribution in [2.75, 3.05) is 19.6 Å². The quantitative estimate of drug-likeness (QED) is 0.834. The zero-order valence-corrected chi connectivity index (χ0v) is 15.7. The maximum absolute atomic E-state index is 13.4. The van der Waals surface area contributed by atoms with Gasteiger partial charge in [-0.15, -0.1) is 0 Å². The molecule has 0 bridgehead atoms. The highest BCUT2D eigenvalue weighted by molar-refractivity contribution is 6.30. The molecular formula is C21H23ClFNO3. The molecular weight excluding hydrogens is 369 g/mol. The topological polar surface area (TPSA) is 52.9 Å². The van der Waals surface area contributed by atoms with Gasteiger partial charge in [0.25, 0.3) is 0 Å². The van der Waals surface area contributed by atoms with E-state index in [0.717, 1.165) is 31.5 Å². The smallest absolute Gasteiger partial charge is 0.126 e. The Balaban J connectivity index is 1.39. The SMILES string of the molecule is O[C@@H]1CC2(CCN(C[C@H](O)c3ccc(Cl)cc3)CC2)Oc2ccc(F)cc21. The summed E-state index contributed by atoms with van der Waals surface area (Å²) in [5.41, 5.74) is 0.951. The van der Waals surface area contributed by atoms with Gasteiger partial charge in [0.15, 0.2) is 0 Å². The van der Waals surface area contributed by atoms with E-state index in [1.165, 1.54) is 12.1 Å². The third kappa shape index (κ3) is 3.97. The average molecular weight is 392 g/mol. The van der Waals surface area contributed by atoms with Gasteiger partial charge in [0, 0.05) is 36.6 Å². The van der Waals surface area contributed by atoms with Gasteiger partial charge in [0.1, 0.15) is 17.2 Å². The minimum Gasteiger partial charge on any atom is -0.487 e. The maximum atomic E-state index is 13.4. The normalized spacial score (nSPS) is 22.9. The number of β-amino-alcohol motifs (C(OH)–C–C–N with tert-alkyl or cyclic N) is 1. The monoisotopic (exact) mass is 391 g/mol. The first-order valence-electron chi connectivity index (χ1n) is 9.27. The third-order valence-corrected chi connectivity index (χ3v) is 5.93. The van der Waals surface area contributed by atoms with Gasteiger partial charge in [-0.1, -0.05) is 23.7 Å². The number of fused-ring (bicyclic) bond motifs is 1. The summed E-state index contributed by atoms with van der Waals surface area (Å²) in [5.74, 6) is 0.211. The molecule has 2 aliphatic rings. The number of rotatable bonds is 3. The number of nitrogens with zero attached hydrogens (tertiary/aromatic N) is 1. The lowest BCUT2D eigenvalue weighted by Gasteiger charge is -2.46. The van der Waals surface area contributed by atoms with Gasteiger partial charge in [0.05, 0.1) is 12.2 Å². The molecule has 27 heavy (non-hydrogen) atoms. The molecule has 2 aromatic rings. The second-order valence-electron chi connectivity index (χ2n) is 7.56. The van der Waals surface area contributed by atoms with Gasteiger partial charge >= 0.3 is 0 Å². The van der Waals surface area contributed by atoms with Gasteiger partial charge in [0.2, 0.25) is 0 Å². The molecule has 6 heteroatoms. The summed E-state index contributed by atoms with van der Waals surface area (Å²) >= 11 is 5.90. The highest BCUT2D eigenvalue weighted by atomic mass is 35.5. The molecule has 1 fully saturated rings. The first kappa shape index (κ1) is 18.7. The van der Waals surface area contributed by atoms with Crippen LogP contribution in [0.1, 0.15) is 42.6 Å². The standard InChI is InChI=1S/C21H23ClFNO3/c22-15-3-1-14(2-4-15)19(26)13-24-9-7-21(8-10-24)12-18(25)17-11-16(23)5-6-20(17)27-21/h1-6,11,18-19,25-26H,7-10,12-13H2/t18-,19+/m1/s1. The van der Waals surface area contributed by atoms with E-state index in [1.54, 1.807) is 18.2 Å². The van der Waals surface area contributed by atoms with Crippen LogP contribution in [0.15, 0.2) is 42.5 Å². The van der Waals surface area contributed by atoms with Crippen LogP contribution in [0.5, 0.6) is 5.75 Å². The van der Waals surface area contributed by atoms with E-state index in [0.29, 0.717) is 29.3 Å². The summed E-state index contributed by atoms with van der Waals surface area (Å²) < 4.78 is 19.6. The molecule has 0 radical (unpaired) electrons. The van der Waals surface area contributed by atoms with Crippen molar-refractivity contribution >= 4 is 11.6 Å². The van der Waals surface area contributed by atoms with Crippen molar-refractivity contribution in [1.82, 2.24) is 4.90 Å². The summed E-state index contributed by atoms with van der Waals surface area (Å²) in [6.07, 6.45) is 0.702. The molecule has 2 atom stereocenters. The zero-order valence-electron chi connectivity index (χ0n) is 14.9. The molecule has 0 amide bonds. The first-order chi connectivity index (χ1) is 12.9. The van der Waals surface area contributed by atoms with Crippen molar-refractivity contribution in [3.05, 3.63) is 64.4 Å². The fourth-order valence-corrected chi connectivity index (χ4v) is 4.22. The zero-order chi connectivity index (χ0) is 19.0. The molecule has 0 unspecified atom stereocenters. The molecule has 144 valence electrons. The van der Waals surface area contributed by atoms with E-state index in [2.05, 4.69) is 4.90 Å². The van der Waals surface area contributed by atoms with Crippen molar-refractivity contribution in [2.45, 2.75) is 37.1 Å². The van der Waals surface area contributed by atoms with E-state index >= 15 is 0 Å². The molecule has 2 heterocycles. The largest absolute Gasteiger partial charge is 0.487 e. The Kier molecular flexibility index (Phi) is 5.12. The van der Waals surface area contributed by atoms with Crippen LogP contribution in [0.4, 0.5) is 4.39 Å². The minimum absolute atomic E-state index is 0.363. The molecule has 2 aromatic carbocycles. The van der Waals surface area contributed by atoms with Crippen LogP contribution in [-0.2, 0) is 0 Å². The summed E-state index contributed by atoms with van der Waals surface area (Å²) in [7, 11) is 0. The number of hydrogen-bond donors (Lipinski definition) is 2. The van der Waals surface area contributed by atoms with E-state index in [-0.39, 0.29) is 5.82 Å². The van der Waals surface area contributed by atoms with Gasteiger partial charge in [-0.3, -0.25) is 0 Å². The maximum Gasteiger partial charge on any atom is 0.126 e. The molecule has 2 aliphatic heterocycles. The van der Waals surface area contributed by atoms with Crippen molar-refractivity contribution in [1.29, 1.82) is 0 Å². The van der Waals surface area contributed by atoms with Crippen molar-refractivity contribution in [3.8, 4) is 5.75 Å². The molecule has 4 nitrogen and oxygen atoms in total. The number of aliphatic hydroxyl groups is 2. The Morgan fingerprint density at radius 2 is 1.89 bits per heavy atom. The molecule has 2 N–H and O–H groups in total. The predicted octanol–water partition coefficient (Wildman–Crippen LogP) is 3.86. The number of piperidine rings is 1. The number of ether oxygens (including phenoxy) is 1. The van der Waals surface area contributed by atoms with Gasteiger partial charge in [-0.2, -0.15) is 0 Å². The fourth-order valence-electron chi connectivity index (χ4n) is 4.09. The molecule has 1 saturated heterocycles. The Bertz CT molecular complexity index is 806. The Morgan fingerprint density at radius 1 is 1.19 bits per heavy atom. The molecule has 0 aliphatic carbocycles. The predicted molar refractivity (Wildman–Crippen MR) is 101 cm³/mol. The number of halogens is 2. The Morgan fingerprint density at radius 3 is 2.59 bits per heavy atom. The average Bonchev–Trinajstić information content (AvgIpc) is 2.65. The van der Waals surface area contributed by atoms with Crippen LogP contribution in [0.3, 0.4) is 0 Å². The van der Waals surface area contributed by atoms with Crippen LogP contribution < -0.4 is 4.74 Å². The second-order valence-corrected chi connectivity index (χ2v) is 7.99. The van der Waals surface area contributed by atoms with Crippen molar-refractivity contribution in [2.24, 2.45) is 0 Å². The highest BCUT2D eigenvalue weighted by Gasteiger charge is 2.43. The minimum atomic E-state index is -0.712. The van der Waals surface area contributed by atoms with Crippen LogP contribution >= 0.6 is 11.6 Å². The highest BCUT2D eigenvalue weighted by Crippen LogP contribution is 2.44. The molecule has 1 spiro atoms. The Labute approximate surface area is 163 Å². The number of hydrogen-bond acceptors (Lipinski definition) is 4. The lowest BCUT2D eigenvalue weighted by Crippen LogP contribution is -2.51. The Hall–Kier alpha value is -1.66. The summed E-state index contributed by atoms with van der Waals surface area (Å²) in [6.45, 7) is 2.09. The van der Waals surface area contributed by atoms with Crippen LogP contribution in [0.25, 0.3) is 0 Å².